The number of nitrogens with one attached hydrogen (secondary N) is 1. The van der Waals surface area contributed by atoms with Crippen molar-refractivity contribution in [3.05, 3.63) is 36.4 Å². The van der Waals surface area contributed by atoms with Gasteiger partial charge < -0.3 is 0 Å². The summed E-state index contributed by atoms with van der Waals surface area (Å²) in [5, 5.41) is 9.11. The Morgan fingerprint density at radius 3 is 2.48 bits per heavy atom. The Kier molecular flexibility index (Phi) is 6.52. The number of benzene rings is 1. The smallest absolute Gasteiger partial charge is 0.294 e. The first kappa shape index (κ1) is 20.8. The molecule has 1 aromatic rings. The summed E-state index contributed by atoms with van der Waals surface area (Å²) in [4.78, 5) is 37.2. The molecule has 0 spiro atoms. The molecule has 2 N–H and O–H groups in total. The highest BCUT2D eigenvalue weighted by Gasteiger charge is 2.43. The number of carbonyl (C=O) groups is 3. The van der Waals surface area contributed by atoms with E-state index in [1.807, 2.05) is 0 Å². The normalized spacial score (nSPS) is 18.5. The van der Waals surface area contributed by atoms with Crippen LogP contribution in [0.4, 0.5) is 4.79 Å². The van der Waals surface area contributed by atoms with Crippen molar-refractivity contribution < 1.29 is 28.0 Å². The summed E-state index contributed by atoms with van der Waals surface area (Å²) in [6.45, 7) is 3.08. The fourth-order valence-corrected chi connectivity index (χ4v) is 4.24. The van der Waals surface area contributed by atoms with Gasteiger partial charge >= 0.3 is 6.03 Å². The molecule has 1 heterocycles. The molecule has 1 aliphatic rings. The Hall–Kier alpha value is -2.50. The van der Waals surface area contributed by atoms with Crippen LogP contribution in [0.3, 0.4) is 0 Å². The highest BCUT2D eigenvalue weighted by atomic mass is 32.2. The monoisotopic (exact) mass is 397 g/mol. The molecular formula is C16H21N4O6S. The number of imide groups is 1. The van der Waals surface area contributed by atoms with Crippen LogP contribution in [0.2, 0.25) is 0 Å². The van der Waals surface area contributed by atoms with Crippen molar-refractivity contribution in [1.29, 1.82) is 0 Å². The highest BCUT2D eigenvalue weighted by molar-refractivity contribution is 7.89. The standard InChI is InChI=1S/C16H21N4O6S/c1-12-5-7-13(8-6-12)27(25,26)20-10-4-3-9-19(15(20)14(22)17-24)16(23)18(2)11-21/h5-9,11,15,24H,3-4,10H2,1-2H3,(H,17,22). The number of nitrogens with zero attached hydrogens (tertiary/aromatic N) is 3. The molecule has 0 bridgehead atoms. The van der Waals surface area contributed by atoms with E-state index < -0.39 is 28.1 Å². The molecule has 11 heteroatoms. The van der Waals surface area contributed by atoms with Crippen LogP contribution in [-0.2, 0) is 19.6 Å². The summed E-state index contributed by atoms with van der Waals surface area (Å²) in [5.74, 6) is -1.11. The van der Waals surface area contributed by atoms with Crippen LogP contribution in [-0.4, -0.2) is 65.8 Å². The third-order valence-electron chi connectivity index (χ3n) is 4.10. The Labute approximate surface area is 157 Å². The van der Waals surface area contributed by atoms with Gasteiger partial charge in [0, 0.05) is 13.6 Å². The van der Waals surface area contributed by atoms with Crippen molar-refractivity contribution in [1.82, 2.24) is 19.6 Å². The van der Waals surface area contributed by atoms with Crippen LogP contribution in [0.1, 0.15) is 18.4 Å². The van der Waals surface area contributed by atoms with E-state index in [1.165, 1.54) is 31.2 Å². The van der Waals surface area contributed by atoms with Crippen LogP contribution in [0, 0.1) is 13.5 Å². The van der Waals surface area contributed by atoms with Gasteiger partial charge in [-0.25, -0.2) is 18.7 Å². The van der Waals surface area contributed by atoms with E-state index in [0.29, 0.717) is 17.7 Å². The first-order chi connectivity index (χ1) is 12.7. The van der Waals surface area contributed by atoms with Crippen LogP contribution in [0.5, 0.6) is 0 Å². The third kappa shape index (κ3) is 4.26. The average Bonchev–Trinajstić information content (AvgIpc) is 2.89. The first-order valence-electron chi connectivity index (χ1n) is 8.10. The Morgan fingerprint density at radius 2 is 1.93 bits per heavy atom. The zero-order valence-electron chi connectivity index (χ0n) is 14.9. The molecule has 10 nitrogen and oxygen atoms in total. The number of hydroxylamine groups is 1. The fraction of sp³-hybridized carbons (Fsp3) is 0.375. The molecule has 0 aliphatic carbocycles. The maximum atomic E-state index is 13.1. The SMILES string of the molecule is Cc1ccc(S(=O)(=O)N2CCC[CH]N(C(=O)N(C)C=O)C2C(=O)NO)cc1. The second-order valence-electron chi connectivity index (χ2n) is 6.01. The lowest BCUT2D eigenvalue weighted by Gasteiger charge is -2.35. The van der Waals surface area contributed by atoms with Crippen molar-refractivity contribution in [2.24, 2.45) is 0 Å². The van der Waals surface area contributed by atoms with E-state index in [-0.39, 0.29) is 17.9 Å². The molecule has 27 heavy (non-hydrogen) atoms. The van der Waals surface area contributed by atoms with E-state index in [2.05, 4.69) is 0 Å². The predicted molar refractivity (Wildman–Crippen MR) is 93.4 cm³/mol. The topological polar surface area (TPSA) is 127 Å². The van der Waals surface area contributed by atoms with Gasteiger partial charge in [-0.3, -0.25) is 24.6 Å². The lowest BCUT2D eigenvalue weighted by molar-refractivity contribution is -0.137. The zero-order chi connectivity index (χ0) is 20.2. The van der Waals surface area contributed by atoms with E-state index in [1.54, 1.807) is 19.1 Å². The lowest BCUT2D eigenvalue weighted by atomic mass is 10.2. The van der Waals surface area contributed by atoms with E-state index in [9.17, 15) is 22.8 Å². The molecule has 1 unspecified atom stereocenters. The van der Waals surface area contributed by atoms with Gasteiger partial charge in [0.05, 0.1) is 11.4 Å². The molecule has 1 saturated heterocycles. The van der Waals surface area contributed by atoms with Gasteiger partial charge in [-0.1, -0.05) is 17.7 Å². The minimum absolute atomic E-state index is 0.0538. The summed E-state index contributed by atoms with van der Waals surface area (Å²) >= 11 is 0. The second-order valence-corrected chi connectivity index (χ2v) is 7.90. The zero-order valence-corrected chi connectivity index (χ0v) is 15.7. The van der Waals surface area contributed by atoms with Gasteiger partial charge in [-0.15, -0.1) is 0 Å². The summed E-state index contributed by atoms with van der Waals surface area (Å²) in [6, 6.07) is 5.13. The van der Waals surface area contributed by atoms with Gasteiger partial charge in [0.15, 0.2) is 6.17 Å². The molecule has 2 rings (SSSR count). The van der Waals surface area contributed by atoms with Gasteiger partial charge in [-0.05, 0) is 31.9 Å². The molecule has 1 aromatic carbocycles. The van der Waals surface area contributed by atoms with Gasteiger partial charge in [0.2, 0.25) is 16.4 Å². The summed E-state index contributed by atoms with van der Waals surface area (Å²) in [5.41, 5.74) is 2.26. The number of aryl methyl sites for hydroxylation is 1. The van der Waals surface area contributed by atoms with Crippen molar-refractivity contribution >= 4 is 28.4 Å². The third-order valence-corrected chi connectivity index (χ3v) is 5.97. The van der Waals surface area contributed by atoms with Crippen LogP contribution in [0.25, 0.3) is 0 Å². The summed E-state index contributed by atoms with van der Waals surface area (Å²) < 4.78 is 27.1. The number of sulfonamides is 1. The van der Waals surface area contributed by atoms with Crippen molar-refractivity contribution in [3.63, 3.8) is 0 Å². The Bertz CT molecular complexity index is 811. The average molecular weight is 397 g/mol. The molecular weight excluding hydrogens is 376 g/mol. The minimum atomic E-state index is -4.16. The molecule has 0 saturated carbocycles. The van der Waals surface area contributed by atoms with Crippen LogP contribution >= 0.6 is 0 Å². The summed E-state index contributed by atoms with van der Waals surface area (Å²) in [6.07, 6.45) is -0.797. The molecule has 147 valence electrons. The van der Waals surface area contributed by atoms with Gasteiger partial charge in [0.1, 0.15) is 0 Å². The minimum Gasteiger partial charge on any atom is -0.294 e. The largest absolute Gasteiger partial charge is 0.328 e. The van der Waals surface area contributed by atoms with E-state index in [0.717, 1.165) is 14.8 Å². The number of hydrogen-bond acceptors (Lipinski definition) is 6. The molecule has 0 aromatic heterocycles. The molecule has 1 atom stereocenters. The summed E-state index contributed by atoms with van der Waals surface area (Å²) in [7, 11) is -2.98. The Balaban J connectivity index is 2.53. The van der Waals surface area contributed by atoms with E-state index >= 15 is 0 Å². The van der Waals surface area contributed by atoms with Crippen LogP contribution < -0.4 is 5.48 Å². The van der Waals surface area contributed by atoms with Gasteiger partial charge in [0.25, 0.3) is 5.91 Å². The van der Waals surface area contributed by atoms with Crippen LogP contribution in [0.15, 0.2) is 29.2 Å². The van der Waals surface area contributed by atoms with Crippen molar-refractivity contribution in [2.45, 2.75) is 30.8 Å². The maximum Gasteiger partial charge on any atom is 0.328 e. The lowest BCUT2D eigenvalue weighted by Crippen LogP contribution is -2.59. The quantitative estimate of drug-likeness (QED) is 0.427. The van der Waals surface area contributed by atoms with Gasteiger partial charge in [-0.2, -0.15) is 4.31 Å². The number of carbonyl (C=O) groups excluding carboxylic acids is 3. The second kappa shape index (κ2) is 8.46. The number of hydrogen-bond donors (Lipinski definition) is 2. The first-order valence-corrected chi connectivity index (χ1v) is 9.54. The number of amides is 4. The number of rotatable bonds is 4. The fourth-order valence-electron chi connectivity index (χ4n) is 2.66. The molecule has 1 aliphatic heterocycles. The van der Waals surface area contributed by atoms with E-state index in [4.69, 9.17) is 5.21 Å². The molecule has 4 amide bonds. The maximum absolute atomic E-state index is 13.1. The van der Waals surface area contributed by atoms with Crippen molar-refractivity contribution in [3.8, 4) is 0 Å². The molecule has 1 fully saturated rings. The highest BCUT2D eigenvalue weighted by Crippen LogP contribution is 2.26. The Morgan fingerprint density at radius 1 is 1.30 bits per heavy atom. The number of urea groups is 1. The molecule has 1 radical (unpaired) electrons. The predicted octanol–water partition coefficient (Wildman–Crippen LogP) is 0.283. The van der Waals surface area contributed by atoms with Crippen molar-refractivity contribution in [2.75, 3.05) is 13.6 Å².